The lowest BCUT2D eigenvalue weighted by molar-refractivity contribution is 0.0516. The number of aliphatic hydroxyl groups is 1. The van der Waals surface area contributed by atoms with Crippen molar-refractivity contribution in [3.05, 3.63) is 17.5 Å². The standard InChI is InChI=1S/C12H21N3O2/c1-5-9-7-10(15(4)14-9)11(16)13-8-12(3,17)6-2/h7,17H,5-6,8H2,1-4H3,(H,13,16). The third kappa shape index (κ3) is 3.56. The summed E-state index contributed by atoms with van der Waals surface area (Å²) in [6.45, 7) is 5.82. The molecule has 0 saturated carbocycles. The van der Waals surface area contributed by atoms with Crippen molar-refractivity contribution >= 4 is 5.91 Å². The number of carbonyl (C=O) groups excluding carboxylic acids is 1. The SMILES string of the molecule is CCc1cc(C(=O)NCC(C)(O)CC)n(C)n1. The van der Waals surface area contributed by atoms with E-state index in [0.717, 1.165) is 12.1 Å². The van der Waals surface area contributed by atoms with E-state index < -0.39 is 5.60 Å². The normalized spacial score (nSPS) is 14.4. The highest BCUT2D eigenvalue weighted by Gasteiger charge is 2.20. The molecule has 1 amide bonds. The van der Waals surface area contributed by atoms with Crippen LogP contribution in [0.25, 0.3) is 0 Å². The molecule has 2 N–H and O–H groups in total. The highest BCUT2D eigenvalue weighted by Crippen LogP contribution is 2.08. The summed E-state index contributed by atoms with van der Waals surface area (Å²) in [5.41, 5.74) is 0.552. The van der Waals surface area contributed by atoms with E-state index in [1.165, 1.54) is 0 Å². The van der Waals surface area contributed by atoms with Gasteiger partial charge < -0.3 is 10.4 Å². The van der Waals surface area contributed by atoms with Gasteiger partial charge in [-0.25, -0.2) is 0 Å². The zero-order valence-corrected chi connectivity index (χ0v) is 10.9. The fourth-order valence-electron chi connectivity index (χ4n) is 1.40. The van der Waals surface area contributed by atoms with Crippen molar-refractivity contribution in [2.75, 3.05) is 6.54 Å². The monoisotopic (exact) mass is 239 g/mol. The summed E-state index contributed by atoms with van der Waals surface area (Å²) in [5, 5.41) is 16.7. The minimum absolute atomic E-state index is 0.201. The Morgan fingerprint density at radius 2 is 2.24 bits per heavy atom. The van der Waals surface area contributed by atoms with Crippen molar-refractivity contribution in [1.82, 2.24) is 15.1 Å². The van der Waals surface area contributed by atoms with Gasteiger partial charge in [0, 0.05) is 13.6 Å². The number of amides is 1. The van der Waals surface area contributed by atoms with Gasteiger partial charge in [-0.3, -0.25) is 9.48 Å². The van der Waals surface area contributed by atoms with E-state index in [1.54, 1.807) is 24.7 Å². The summed E-state index contributed by atoms with van der Waals surface area (Å²) >= 11 is 0. The first kappa shape index (κ1) is 13.7. The van der Waals surface area contributed by atoms with Crippen molar-refractivity contribution in [1.29, 1.82) is 0 Å². The molecule has 1 rings (SSSR count). The van der Waals surface area contributed by atoms with E-state index >= 15 is 0 Å². The average Bonchev–Trinajstić information content (AvgIpc) is 2.68. The summed E-state index contributed by atoms with van der Waals surface area (Å²) in [4.78, 5) is 11.9. The minimum Gasteiger partial charge on any atom is -0.388 e. The van der Waals surface area contributed by atoms with E-state index in [-0.39, 0.29) is 12.5 Å². The van der Waals surface area contributed by atoms with E-state index in [2.05, 4.69) is 10.4 Å². The predicted octanol–water partition coefficient (Wildman–Crippen LogP) is 0.873. The fraction of sp³-hybridized carbons (Fsp3) is 0.667. The molecule has 1 unspecified atom stereocenters. The predicted molar refractivity (Wildman–Crippen MR) is 65.8 cm³/mol. The first-order chi connectivity index (χ1) is 7.89. The molecule has 5 heteroatoms. The number of aryl methyl sites for hydroxylation is 2. The molecular formula is C12H21N3O2. The largest absolute Gasteiger partial charge is 0.388 e. The molecule has 0 bridgehead atoms. The molecule has 1 atom stereocenters. The molecule has 0 saturated heterocycles. The molecule has 0 fully saturated rings. The van der Waals surface area contributed by atoms with Gasteiger partial charge in [0.05, 0.1) is 11.3 Å². The number of nitrogens with zero attached hydrogens (tertiary/aromatic N) is 2. The number of rotatable bonds is 5. The summed E-state index contributed by atoms with van der Waals surface area (Å²) in [6.07, 6.45) is 1.40. The molecule has 0 aliphatic rings. The number of hydrogen-bond donors (Lipinski definition) is 2. The second kappa shape index (κ2) is 5.31. The zero-order chi connectivity index (χ0) is 13.1. The van der Waals surface area contributed by atoms with Gasteiger partial charge >= 0.3 is 0 Å². The van der Waals surface area contributed by atoms with E-state index in [4.69, 9.17) is 0 Å². The molecule has 0 aromatic carbocycles. The molecule has 5 nitrogen and oxygen atoms in total. The quantitative estimate of drug-likeness (QED) is 0.801. The first-order valence-corrected chi connectivity index (χ1v) is 5.93. The Labute approximate surface area is 102 Å². The van der Waals surface area contributed by atoms with Gasteiger partial charge in [0.15, 0.2) is 0 Å². The number of hydrogen-bond acceptors (Lipinski definition) is 3. The van der Waals surface area contributed by atoms with Crippen LogP contribution in [0.4, 0.5) is 0 Å². The number of nitrogens with one attached hydrogen (secondary N) is 1. The molecule has 0 aliphatic carbocycles. The topological polar surface area (TPSA) is 67.2 Å². The smallest absolute Gasteiger partial charge is 0.269 e. The maximum absolute atomic E-state index is 11.9. The second-order valence-electron chi connectivity index (χ2n) is 4.53. The highest BCUT2D eigenvalue weighted by atomic mass is 16.3. The van der Waals surface area contributed by atoms with Crippen LogP contribution >= 0.6 is 0 Å². The van der Waals surface area contributed by atoms with Crippen LogP contribution in [0.2, 0.25) is 0 Å². The third-order valence-corrected chi connectivity index (χ3v) is 2.92. The highest BCUT2D eigenvalue weighted by molar-refractivity contribution is 5.92. The van der Waals surface area contributed by atoms with Crippen LogP contribution < -0.4 is 5.32 Å². The summed E-state index contributed by atoms with van der Waals surface area (Å²) in [6, 6.07) is 1.77. The lowest BCUT2D eigenvalue weighted by atomic mass is 10.0. The van der Waals surface area contributed by atoms with E-state index in [9.17, 15) is 9.90 Å². The summed E-state index contributed by atoms with van der Waals surface area (Å²) in [7, 11) is 1.74. The Morgan fingerprint density at radius 3 is 2.71 bits per heavy atom. The number of aromatic nitrogens is 2. The van der Waals surface area contributed by atoms with E-state index in [1.807, 2.05) is 13.8 Å². The fourth-order valence-corrected chi connectivity index (χ4v) is 1.40. The van der Waals surface area contributed by atoms with Gasteiger partial charge in [0.1, 0.15) is 5.69 Å². The Bertz CT molecular complexity index is 396. The van der Waals surface area contributed by atoms with Crippen molar-refractivity contribution in [2.24, 2.45) is 7.05 Å². The first-order valence-electron chi connectivity index (χ1n) is 5.93. The molecule has 0 aliphatic heterocycles. The van der Waals surface area contributed by atoms with Crippen molar-refractivity contribution < 1.29 is 9.90 Å². The van der Waals surface area contributed by atoms with Crippen LogP contribution in [0.5, 0.6) is 0 Å². The Hall–Kier alpha value is -1.36. The molecule has 0 radical (unpaired) electrons. The molecule has 96 valence electrons. The Balaban J connectivity index is 2.67. The van der Waals surface area contributed by atoms with Crippen LogP contribution in [0.15, 0.2) is 6.07 Å². The average molecular weight is 239 g/mol. The molecule has 1 aromatic heterocycles. The molecule has 17 heavy (non-hydrogen) atoms. The molecular weight excluding hydrogens is 218 g/mol. The molecule has 1 aromatic rings. The van der Waals surface area contributed by atoms with Crippen molar-refractivity contribution in [3.8, 4) is 0 Å². The number of carbonyl (C=O) groups is 1. The Morgan fingerprint density at radius 1 is 1.59 bits per heavy atom. The van der Waals surface area contributed by atoms with Crippen molar-refractivity contribution in [3.63, 3.8) is 0 Å². The summed E-state index contributed by atoms with van der Waals surface area (Å²) < 4.78 is 1.56. The third-order valence-electron chi connectivity index (χ3n) is 2.92. The second-order valence-corrected chi connectivity index (χ2v) is 4.53. The van der Waals surface area contributed by atoms with Crippen LogP contribution in [0, 0.1) is 0 Å². The van der Waals surface area contributed by atoms with Crippen LogP contribution in [0.1, 0.15) is 43.4 Å². The summed E-state index contributed by atoms with van der Waals surface area (Å²) in [5.74, 6) is -0.201. The van der Waals surface area contributed by atoms with Gasteiger partial charge in [0.25, 0.3) is 5.91 Å². The van der Waals surface area contributed by atoms with Gasteiger partial charge in [-0.05, 0) is 25.8 Å². The van der Waals surface area contributed by atoms with Crippen LogP contribution in [0.3, 0.4) is 0 Å². The lowest BCUT2D eigenvalue weighted by Gasteiger charge is -2.21. The molecule has 1 heterocycles. The van der Waals surface area contributed by atoms with Crippen LogP contribution in [-0.2, 0) is 13.5 Å². The maximum Gasteiger partial charge on any atom is 0.269 e. The zero-order valence-electron chi connectivity index (χ0n) is 10.9. The van der Waals surface area contributed by atoms with Gasteiger partial charge in [-0.2, -0.15) is 5.10 Å². The van der Waals surface area contributed by atoms with Gasteiger partial charge in [-0.1, -0.05) is 13.8 Å². The Kier molecular flexibility index (Phi) is 4.28. The van der Waals surface area contributed by atoms with Crippen LogP contribution in [-0.4, -0.2) is 32.9 Å². The van der Waals surface area contributed by atoms with E-state index in [0.29, 0.717) is 12.1 Å². The van der Waals surface area contributed by atoms with Gasteiger partial charge in [-0.15, -0.1) is 0 Å². The lowest BCUT2D eigenvalue weighted by Crippen LogP contribution is -2.40. The minimum atomic E-state index is -0.859. The van der Waals surface area contributed by atoms with Crippen molar-refractivity contribution in [2.45, 2.75) is 39.2 Å². The maximum atomic E-state index is 11.9. The van der Waals surface area contributed by atoms with Gasteiger partial charge in [0.2, 0.25) is 0 Å². The molecule has 0 spiro atoms.